The third-order valence-corrected chi connectivity index (χ3v) is 8.03. The number of ether oxygens (including phenoxy) is 1. The van der Waals surface area contributed by atoms with Crippen LogP contribution < -0.4 is 15.4 Å². The predicted octanol–water partition coefficient (Wildman–Crippen LogP) is 3.47. The number of hydrogen-bond donors (Lipinski definition) is 2. The fourth-order valence-electron chi connectivity index (χ4n) is 4.02. The lowest BCUT2D eigenvalue weighted by atomic mass is 10.1. The molecule has 170 valence electrons. The van der Waals surface area contributed by atoms with E-state index in [-0.39, 0.29) is 23.3 Å². The summed E-state index contributed by atoms with van der Waals surface area (Å²) < 4.78 is 33.9. The normalized spacial score (nSPS) is 20.9. The predicted molar refractivity (Wildman–Crippen MR) is 122 cm³/mol. The maximum absolute atomic E-state index is 13.6. The lowest BCUT2D eigenvalue weighted by Crippen LogP contribution is -2.43. The van der Waals surface area contributed by atoms with Crippen molar-refractivity contribution in [2.24, 2.45) is 0 Å². The second-order valence-corrected chi connectivity index (χ2v) is 10.4. The number of amides is 2. The van der Waals surface area contributed by atoms with Crippen molar-refractivity contribution in [2.75, 3.05) is 17.2 Å². The maximum Gasteiger partial charge on any atom is 0.265 e. The quantitative estimate of drug-likeness (QED) is 0.701. The first-order chi connectivity index (χ1) is 15.1. The molecular weight excluding hydrogens is 454 g/mol. The SMILES string of the molecule is Cc1cc(Cl)ccc1NC(=O)C1CCCN1S(=O)(=O)c1cc2c(cc1C)NC(=O)C(C)O2. The van der Waals surface area contributed by atoms with Gasteiger partial charge >= 0.3 is 0 Å². The molecule has 0 radical (unpaired) electrons. The van der Waals surface area contributed by atoms with Crippen LogP contribution in [0.3, 0.4) is 0 Å². The molecule has 1 saturated heterocycles. The number of hydrogen-bond acceptors (Lipinski definition) is 5. The van der Waals surface area contributed by atoms with Crippen molar-refractivity contribution >= 4 is 44.8 Å². The first-order valence-corrected chi connectivity index (χ1v) is 12.1. The molecule has 8 nitrogen and oxygen atoms in total. The number of carbonyl (C=O) groups is 2. The zero-order valence-corrected chi connectivity index (χ0v) is 19.5. The summed E-state index contributed by atoms with van der Waals surface area (Å²) in [4.78, 5) is 24.9. The first-order valence-electron chi connectivity index (χ1n) is 10.3. The third-order valence-electron chi connectivity index (χ3n) is 5.75. The van der Waals surface area contributed by atoms with E-state index in [0.717, 1.165) is 5.56 Å². The summed E-state index contributed by atoms with van der Waals surface area (Å²) in [7, 11) is -3.98. The molecule has 0 spiro atoms. The van der Waals surface area contributed by atoms with E-state index in [1.807, 2.05) is 6.92 Å². The largest absolute Gasteiger partial charge is 0.479 e. The van der Waals surface area contributed by atoms with Crippen LogP contribution in [0.2, 0.25) is 5.02 Å². The number of rotatable bonds is 4. The van der Waals surface area contributed by atoms with Crippen molar-refractivity contribution < 1.29 is 22.7 Å². The number of aryl methyl sites for hydroxylation is 2. The molecule has 0 aromatic heterocycles. The van der Waals surface area contributed by atoms with Crippen LogP contribution in [-0.4, -0.2) is 43.2 Å². The van der Waals surface area contributed by atoms with Crippen molar-refractivity contribution in [1.82, 2.24) is 4.31 Å². The summed E-state index contributed by atoms with van der Waals surface area (Å²) in [6.07, 6.45) is 0.268. The van der Waals surface area contributed by atoms with Gasteiger partial charge in [0.05, 0.1) is 10.6 Å². The molecule has 32 heavy (non-hydrogen) atoms. The Morgan fingerprint density at radius 1 is 1.22 bits per heavy atom. The number of halogens is 1. The van der Waals surface area contributed by atoms with E-state index in [0.29, 0.717) is 40.6 Å². The van der Waals surface area contributed by atoms with Gasteiger partial charge in [0.25, 0.3) is 5.91 Å². The number of sulfonamides is 1. The Morgan fingerprint density at radius 3 is 2.69 bits per heavy atom. The van der Waals surface area contributed by atoms with Gasteiger partial charge in [0.15, 0.2) is 6.10 Å². The monoisotopic (exact) mass is 477 g/mol. The Morgan fingerprint density at radius 2 is 1.97 bits per heavy atom. The Bertz CT molecular complexity index is 1210. The van der Waals surface area contributed by atoms with Crippen LogP contribution in [0.1, 0.15) is 30.9 Å². The van der Waals surface area contributed by atoms with Gasteiger partial charge in [-0.25, -0.2) is 8.42 Å². The highest BCUT2D eigenvalue weighted by molar-refractivity contribution is 7.89. The average molecular weight is 478 g/mol. The molecule has 2 aromatic rings. The highest BCUT2D eigenvalue weighted by atomic mass is 35.5. The maximum atomic E-state index is 13.6. The van der Waals surface area contributed by atoms with E-state index in [2.05, 4.69) is 10.6 Å². The number of nitrogens with zero attached hydrogens (tertiary/aromatic N) is 1. The molecule has 2 unspecified atom stereocenters. The number of anilines is 2. The van der Waals surface area contributed by atoms with Gasteiger partial charge in [-0.15, -0.1) is 0 Å². The van der Waals surface area contributed by atoms with E-state index in [1.165, 1.54) is 10.4 Å². The molecule has 2 heterocycles. The van der Waals surface area contributed by atoms with Crippen molar-refractivity contribution in [2.45, 2.75) is 50.7 Å². The summed E-state index contributed by atoms with van der Waals surface area (Å²) in [5.74, 6) is -0.385. The highest BCUT2D eigenvalue weighted by Crippen LogP contribution is 2.37. The summed E-state index contributed by atoms with van der Waals surface area (Å²) in [5, 5.41) is 6.11. The molecule has 0 saturated carbocycles. The lowest BCUT2D eigenvalue weighted by Gasteiger charge is -2.27. The van der Waals surface area contributed by atoms with Crippen LogP contribution in [-0.2, 0) is 19.6 Å². The molecule has 2 N–H and O–H groups in total. The van der Waals surface area contributed by atoms with Crippen molar-refractivity contribution in [3.05, 3.63) is 46.5 Å². The standard InChI is InChI=1S/C22H24ClN3O5S/c1-12-9-15(23)6-7-16(12)24-22(28)18-5-4-8-26(18)32(29,30)20-11-19-17(10-13(20)2)25-21(27)14(3)31-19/h6-7,9-11,14,18H,4-5,8H2,1-3H3,(H,24,28)(H,25,27). The Hall–Kier alpha value is -2.62. The number of benzene rings is 2. The molecular formula is C22H24ClN3O5S. The van der Waals surface area contributed by atoms with Gasteiger partial charge in [0.2, 0.25) is 15.9 Å². The molecule has 2 amide bonds. The molecule has 2 aliphatic heterocycles. The molecule has 0 bridgehead atoms. The number of carbonyl (C=O) groups excluding carboxylic acids is 2. The molecule has 1 fully saturated rings. The summed E-state index contributed by atoms with van der Waals surface area (Å²) in [5.41, 5.74) is 2.27. The molecule has 2 atom stereocenters. The minimum Gasteiger partial charge on any atom is -0.479 e. The fourth-order valence-corrected chi connectivity index (χ4v) is 6.13. The molecule has 2 aromatic carbocycles. The minimum atomic E-state index is -3.98. The number of fused-ring (bicyclic) bond motifs is 1. The van der Waals surface area contributed by atoms with Crippen LogP contribution in [0, 0.1) is 13.8 Å². The molecule has 0 aliphatic carbocycles. The summed E-state index contributed by atoms with van der Waals surface area (Å²) >= 11 is 5.98. The Kier molecular flexibility index (Phi) is 5.91. The van der Waals surface area contributed by atoms with Gasteiger partial charge in [-0.3, -0.25) is 9.59 Å². The molecule has 4 rings (SSSR count). The van der Waals surface area contributed by atoms with Crippen molar-refractivity contribution in [1.29, 1.82) is 0 Å². The van der Waals surface area contributed by atoms with Gasteiger partial charge < -0.3 is 15.4 Å². The molecule has 2 aliphatic rings. The zero-order valence-electron chi connectivity index (χ0n) is 17.9. The van der Waals surface area contributed by atoms with Gasteiger partial charge in [-0.05, 0) is 69.0 Å². The van der Waals surface area contributed by atoms with Crippen LogP contribution in [0.4, 0.5) is 11.4 Å². The van der Waals surface area contributed by atoms with Crippen LogP contribution in [0.25, 0.3) is 0 Å². The van der Waals surface area contributed by atoms with E-state index in [4.69, 9.17) is 16.3 Å². The van der Waals surface area contributed by atoms with E-state index in [9.17, 15) is 18.0 Å². The Labute approximate surface area is 191 Å². The summed E-state index contributed by atoms with van der Waals surface area (Å²) in [6.45, 7) is 5.30. The smallest absolute Gasteiger partial charge is 0.265 e. The Balaban J connectivity index is 1.63. The van der Waals surface area contributed by atoms with E-state index < -0.39 is 22.2 Å². The minimum absolute atomic E-state index is 0.0574. The first kappa shape index (κ1) is 22.6. The zero-order chi connectivity index (χ0) is 23.2. The van der Waals surface area contributed by atoms with Gasteiger partial charge in [0.1, 0.15) is 11.8 Å². The van der Waals surface area contributed by atoms with E-state index >= 15 is 0 Å². The van der Waals surface area contributed by atoms with Crippen LogP contribution in [0.15, 0.2) is 35.2 Å². The third kappa shape index (κ3) is 4.07. The van der Waals surface area contributed by atoms with Crippen LogP contribution in [0.5, 0.6) is 5.75 Å². The van der Waals surface area contributed by atoms with E-state index in [1.54, 1.807) is 38.1 Å². The second-order valence-electron chi connectivity index (χ2n) is 8.09. The highest BCUT2D eigenvalue weighted by Gasteiger charge is 2.41. The summed E-state index contributed by atoms with van der Waals surface area (Å²) in [6, 6.07) is 7.27. The van der Waals surface area contributed by atoms with Gasteiger partial charge in [0, 0.05) is 23.3 Å². The van der Waals surface area contributed by atoms with Crippen LogP contribution >= 0.6 is 11.6 Å². The lowest BCUT2D eigenvalue weighted by molar-refractivity contribution is -0.122. The van der Waals surface area contributed by atoms with Gasteiger partial charge in [-0.1, -0.05) is 11.6 Å². The van der Waals surface area contributed by atoms with Crippen molar-refractivity contribution in [3.63, 3.8) is 0 Å². The topological polar surface area (TPSA) is 105 Å². The fraction of sp³-hybridized carbons (Fsp3) is 0.364. The van der Waals surface area contributed by atoms with Gasteiger partial charge in [-0.2, -0.15) is 4.31 Å². The second kappa shape index (κ2) is 8.38. The number of nitrogens with one attached hydrogen (secondary N) is 2. The average Bonchev–Trinajstić information content (AvgIpc) is 3.22. The molecule has 10 heteroatoms. The van der Waals surface area contributed by atoms with Crippen molar-refractivity contribution in [3.8, 4) is 5.75 Å².